The van der Waals surface area contributed by atoms with Gasteiger partial charge in [0.1, 0.15) is 5.75 Å². The topological polar surface area (TPSA) is 46.1 Å². The number of methoxy groups -OCH3 is 1. The summed E-state index contributed by atoms with van der Waals surface area (Å²) >= 11 is 0. The van der Waals surface area contributed by atoms with Crippen LogP contribution in [-0.2, 0) is 11.3 Å². The van der Waals surface area contributed by atoms with Gasteiger partial charge in [-0.2, -0.15) is 0 Å². The predicted molar refractivity (Wildman–Crippen MR) is 96.2 cm³/mol. The van der Waals surface area contributed by atoms with Gasteiger partial charge in [0, 0.05) is 25.7 Å². The number of benzene rings is 1. The minimum atomic E-state index is 0.543. The van der Waals surface area contributed by atoms with Crippen molar-refractivity contribution in [1.29, 1.82) is 0 Å². The summed E-state index contributed by atoms with van der Waals surface area (Å²) in [6.45, 7) is 7.96. The fraction of sp³-hybridized carbons (Fsp3) is 0.611. The van der Waals surface area contributed by atoms with Crippen molar-refractivity contribution >= 4 is 5.96 Å². The van der Waals surface area contributed by atoms with Crippen LogP contribution in [0.2, 0.25) is 0 Å². The lowest BCUT2D eigenvalue weighted by Crippen LogP contribution is -2.39. The van der Waals surface area contributed by atoms with Gasteiger partial charge in [-0.3, -0.25) is 4.99 Å². The number of aliphatic imine (C=N–C) groups is 1. The Morgan fingerprint density at radius 1 is 1.26 bits per heavy atom. The van der Waals surface area contributed by atoms with Crippen molar-refractivity contribution in [2.75, 3.05) is 40.4 Å². The van der Waals surface area contributed by atoms with E-state index >= 15 is 0 Å². The molecule has 0 aliphatic rings. The van der Waals surface area contributed by atoms with Gasteiger partial charge in [0.05, 0.1) is 26.9 Å². The highest BCUT2D eigenvalue weighted by molar-refractivity contribution is 5.79. The predicted octanol–water partition coefficient (Wildman–Crippen LogP) is 2.91. The molecule has 0 spiro atoms. The highest BCUT2D eigenvalue weighted by Crippen LogP contribution is 2.17. The number of para-hydroxylation sites is 1. The number of unbranched alkanes of at least 4 members (excludes halogenated alkanes) is 1. The first-order valence-corrected chi connectivity index (χ1v) is 8.42. The minimum absolute atomic E-state index is 0.543. The van der Waals surface area contributed by atoms with E-state index in [0.717, 1.165) is 30.4 Å². The molecule has 0 unspecified atom stereocenters. The lowest BCUT2D eigenvalue weighted by Gasteiger charge is -2.21. The minimum Gasteiger partial charge on any atom is -0.496 e. The number of rotatable bonds is 10. The Hall–Kier alpha value is -1.75. The molecule has 0 aromatic heterocycles. The Kier molecular flexibility index (Phi) is 9.87. The zero-order chi connectivity index (χ0) is 16.9. The van der Waals surface area contributed by atoms with Crippen LogP contribution in [0, 0.1) is 0 Å². The Morgan fingerprint density at radius 3 is 2.74 bits per heavy atom. The maximum Gasteiger partial charge on any atom is 0.193 e. The molecule has 0 aliphatic carbocycles. The average Bonchev–Trinajstić information content (AvgIpc) is 2.58. The second-order valence-electron chi connectivity index (χ2n) is 5.38. The van der Waals surface area contributed by atoms with Crippen molar-refractivity contribution in [3.05, 3.63) is 29.8 Å². The molecule has 0 aliphatic heterocycles. The summed E-state index contributed by atoms with van der Waals surface area (Å²) in [7, 11) is 3.75. The number of nitrogens with one attached hydrogen (secondary N) is 1. The maximum atomic E-state index is 5.72. The van der Waals surface area contributed by atoms with E-state index in [2.05, 4.69) is 36.1 Å². The molecule has 1 N–H and O–H groups in total. The molecule has 0 bridgehead atoms. The largest absolute Gasteiger partial charge is 0.496 e. The number of hydrogen-bond acceptors (Lipinski definition) is 3. The van der Waals surface area contributed by atoms with Crippen molar-refractivity contribution in [3.63, 3.8) is 0 Å². The van der Waals surface area contributed by atoms with E-state index in [0.29, 0.717) is 19.8 Å². The van der Waals surface area contributed by atoms with E-state index in [1.54, 1.807) is 7.11 Å². The lowest BCUT2D eigenvalue weighted by atomic mass is 10.2. The van der Waals surface area contributed by atoms with Gasteiger partial charge in [-0.25, -0.2) is 0 Å². The molecule has 130 valence electrons. The first-order valence-electron chi connectivity index (χ1n) is 8.42. The van der Waals surface area contributed by atoms with Crippen molar-refractivity contribution in [3.8, 4) is 5.75 Å². The second-order valence-corrected chi connectivity index (χ2v) is 5.38. The van der Waals surface area contributed by atoms with Crippen molar-refractivity contribution < 1.29 is 9.47 Å². The van der Waals surface area contributed by atoms with Gasteiger partial charge in [0.15, 0.2) is 5.96 Å². The van der Waals surface area contributed by atoms with Gasteiger partial charge in [-0.05, 0) is 19.4 Å². The standard InChI is InChI=1S/C18H31N3O2/c1-5-7-13-21(3)18(19-6-2)20-12-14-23-15-16-10-8-9-11-17(16)22-4/h8-11H,5-7,12-15H2,1-4H3,(H,19,20). The zero-order valence-electron chi connectivity index (χ0n) is 15.0. The summed E-state index contributed by atoms with van der Waals surface area (Å²) in [6, 6.07) is 7.92. The molecule has 0 saturated heterocycles. The molecule has 23 heavy (non-hydrogen) atoms. The summed E-state index contributed by atoms with van der Waals surface area (Å²) in [4.78, 5) is 6.79. The van der Waals surface area contributed by atoms with Crippen LogP contribution >= 0.6 is 0 Å². The molecule has 0 atom stereocenters. The first-order chi connectivity index (χ1) is 11.2. The highest BCUT2D eigenvalue weighted by Gasteiger charge is 2.04. The molecule has 0 saturated carbocycles. The van der Waals surface area contributed by atoms with E-state index in [4.69, 9.17) is 9.47 Å². The third-order valence-corrected chi connectivity index (χ3v) is 3.49. The fourth-order valence-corrected chi connectivity index (χ4v) is 2.19. The van der Waals surface area contributed by atoms with Gasteiger partial charge >= 0.3 is 0 Å². The van der Waals surface area contributed by atoms with Crippen LogP contribution in [0.4, 0.5) is 0 Å². The normalized spacial score (nSPS) is 11.4. The van der Waals surface area contributed by atoms with Crippen molar-refractivity contribution in [2.24, 2.45) is 4.99 Å². The molecule has 1 aromatic rings. The molecular formula is C18H31N3O2. The Bertz CT molecular complexity index is 463. The van der Waals surface area contributed by atoms with Crippen LogP contribution in [0.15, 0.2) is 29.3 Å². The zero-order valence-corrected chi connectivity index (χ0v) is 15.0. The van der Waals surface area contributed by atoms with Gasteiger partial charge in [0.25, 0.3) is 0 Å². The van der Waals surface area contributed by atoms with E-state index in [1.807, 2.05) is 24.3 Å². The molecule has 5 heteroatoms. The lowest BCUT2D eigenvalue weighted by molar-refractivity contribution is 0.126. The van der Waals surface area contributed by atoms with Gasteiger partial charge < -0.3 is 19.7 Å². The molecule has 0 heterocycles. The molecule has 0 fully saturated rings. The molecule has 0 radical (unpaired) electrons. The third-order valence-electron chi connectivity index (χ3n) is 3.49. The highest BCUT2D eigenvalue weighted by atomic mass is 16.5. The Balaban J connectivity index is 2.39. The average molecular weight is 321 g/mol. The smallest absolute Gasteiger partial charge is 0.193 e. The third kappa shape index (κ3) is 7.37. The molecule has 1 aromatic carbocycles. The van der Waals surface area contributed by atoms with Crippen molar-refractivity contribution in [2.45, 2.75) is 33.3 Å². The van der Waals surface area contributed by atoms with Gasteiger partial charge in [-0.1, -0.05) is 31.5 Å². The SMILES string of the molecule is CCCCN(C)C(=NCCOCc1ccccc1OC)NCC. The molecule has 5 nitrogen and oxygen atoms in total. The molecular weight excluding hydrogens is 290 g/mol. The van der Waals surface area contributed by atoms with Crippen LogP contribution in [-0.4, -0.2) is 51.3 Å². The fourth-order valence-electron chi connectivity index (χ4n) is 2.19. The monoisotopic (exact) mass is 321 g/mol. The molecule has 1 rings (SSSR count). The summed E-state index contributed by atoms with van der Waals surface area (Å²) in [6.07, 6.45) is 2.36. The summed E-state index contributed by atoms with van der Waals surface area (Å²) in [5.74, 6) is 1.81. The van der Waals surface area contributed by atoms with Crippen molar-refractivity contribution in [1.82, 2.24) is 10.2 Å². The van der Waals surface area contributed by atoms with Crippen LogP contribution in [0.25, 0.3) is 0 Å². The Morgan fingerprint density at radius 2 is 2.04 bits per heavy atom. The Labute approximate surface area is 140 Å². The quantitative estimate of drug-likeness (QED) is 0.409. The number of ether oxygens (including phenoxy) is 2. The van der Waals surface area contributed by atoms with Crippen LogP contribution < -0.4 is 10.1 Å². The number of guanidine groups is 1. The van der Waals surface area contributed by atoms with Crippen LogP contribution in [0.5, 0.6) is 5.75 Å². The molecule has 0 amide bonds. The van der Waals surface area contributed by atoms with Gasteiger partial charge in [-0.15, -0.1) is 0 Å². The van der Waals surface area contributed by atoms with Crippen LogP contribution in [0.1, 0.15) is 32.3 Å². The summed E-state index contributed by atoms with van der Waals surface area (Å²) < 4.78 is 11.0. The number of nitrogens with zero attached hydrogens (tertiary/aromatic N) is 2. The van der Waals surface area contributed by atoms with E-state index in [9.17, 15) is 0 Å². The van der Waals surface area contributed by atoms with E-state index in [-0.39, 0.29) is 0 Å². The van der Waals surface area contributed by atoms with E-state index in [1.165, 1.54) is 12.8 Å². The van der Waals surface area contributed by atoms with Crippen LogP contribution in [0.3, 0.4) is 0 Å². The number of hydrogen-bond donors (Lipinski definition) is 1. The first kappa shape index (κ1) is 19.3. The maximum absolute atomic E-state index is 5.72. The van der Waals surface area contributed by atoms with E-state index < -0.39 is 0 Å². The summed E-state index contributed by atoms with van der Waals surface area (Å²) in [5.41, 5.74) is 1.06. The second kappa shape index (κ2) is 11.8. The summed E-state index contributed by atoms with van der Waals surface area (Å²) in [5, 5.41) is 3.32. The van der Waals surface area contributed by atoms with Gasteiger partial charge in [0.2, 0.25) is 0 Å².